The first kappa shape index (κ1) is 12.7. The molecule has 4 rings (SSSR count). The van der Waals surface area contributed by atoms with E-state index < -0.39 is 0 Å². The van der Waals surface area contributed by atoms with Crippen LogP contribution in [0.15, 0.2) is 34.8 Å². The topological polar surface area (TPSA) is 66.8 Å². The third-order valence-electron chi connectivity index (χ3n) is 3.95. The average molecular weight is 301 g/mol. The van der Waals surface area contributed by atoms with E-state index in [0.29, 0.717) is 11.2 Å². The van der Waals surface area contributed by atoms with Gasteiger partial charge in [-0.1, -0.05) is 6.07 Å². The molecule has 1 aliphatic heterocycles. The summed E-state index contributed by atoms with van der Waals surface area (Å²) in [4.78, 5) is 27.0. The van der Waals surface area contributed by atoms with E-state index in [1.54, 1.807) is 22.1 Å². The Kier molecular flexibility index (Phi) is 3.08. The van der Waals surface area contributed by atoms with Gasteiger partial charge in [-0.15, -0.1) is 11.3 Å². The minimum absolute atomic E-state index is 0.0894. The Labute approximate surface area is 125 Å². The predicted octanol–water partition coefficient (Wildman–Crippen LogP) is 1.63. The van der Waals surface area contributed by atoms with Gasteiger partial charge in [-0.2, -0.15) is 0 Å². The lowest BCUT2D eigenvalue weighted by Crippen LogP contribution is -2.26. The number of nitrogens with zero attached hydrogens (tertiary/aromatic N) is 4. The van der Waals surface area contributed by atoms with Crippen molar-refractivity contribution < 1.29 is 0 Å². The molecule has 3 aromatic heterocycles. The fourth-order valence-electron chi connectivity index (χ4n) is 3.00. The molecule has 0 radical (unpaired) electrons. The zero-order chi connectivity index (χ0) is 14.2. The summed E-state index contributed by atoms with van der Waals surface area (Å²) in [5, 5.41) is 2.10. The van der Waals surface area contributed by atoms with E-state index in [1.165, 1.54) is 11.2 Å². The van der Waals surface area contributed by atoms with Crippen molar-refractivity contribution in [3.63, 3.8) is 0 Å². The highest BCUT2D eigenvalue weighted by molar-refractivity contribution is 7.09. The third-order valence-corrected chi connectivity index (χ3v) is 4.81. The van der Waals surface area contributed by atoms with Crippen LogP contribution in [0, 0.1) is 0 Å². The number of hydrogen-bond acceptors (Lipinski definition) is 5. The molecule has 3 aromatic rings. The molecule has 0 spiro atoms. The number of imidazole rings is 1. The summed E-state index contributed by atoms with van der Waals surface area (Å²) in [5.74, 6) is 0. The minimum Gasteiger partial charge on any atom is -0.303 e. The normalized spacial score (nSPS) is 19.5. The molecular formula is C14H15N5OS. The molecular weight excluding hydrogens is 286 g/mol. The third kappa shape index (κ3) is 2.28. The number of fused-ring (bicyclic) bond motifs is 1. The highest BCUT2D eigenvalue weighted by Gasteiger charge is 2.27. The molecule has 21 heavy (non-hydrogen) atoms. The Hall–Kier alpha value is -1.99. The molecule has 1 atom stereocenters. The summed E-state index contributed by atoms with van der Waals surface area (Å²) < 4.78 is 1.78. The first-order valence-electron chi connectivity index (χ1n) is 6.96. The summed E-state index contributed by atoms with van der Waals surface area (Å²) in [6, 6.07) is 4.42. The maximum atomic E-state index is 12.2. The van der Waals surface area contributed by atoms with E-state index in [2.05, 4.69) is 37.4 Å². The molecule has 0 saturated carbocycles. The van der Waals surface area contributed by atoms with Gasteiger partial charge < -0.3 is 4.98 Å². The van der Waals surface area contributed by atoms with Crippen LogP contribution in [0.1, 0.15) is 17.3 Å². The van der Waals surface area contributed by atoms with Crippen molar-refractivity contribution in [2.75, 3.05) is 13.1 Å². The quantitative estimate of drug-likeness (QED) is 0.798. The van der Waals surface area contributed by atoms with Crippen molar-refractivity contribution in [2.24, 2.45) is 0 Å². The van der Waals surface area contributed by atoms with Crippen molar-refractivity contribution in [3.05, 3.63) is 45.4 Å². The van der Waals surface area contributed by atoms with Crippen LogP contribution < -0.4 is 5.69 Å². The van der Waals surface area contributed by atoms with Gasteiger partial charge in [-0.25, -0.2) is 14.8 Å². The van der Waals surface area contributed by atoms with Gasteiger partial charge in [-0.05, 0) is 17.9 Å². The van der Waals surface area contributed by atoms with Crippen LogP contribution in [-0.2, 0) is 6.54 Å². The van der Waals surface area contributed by atoms with E-state index in [0.717, 1.165) is 26.1 Å². The number of likely N-dealkylation sites (tertiary alicyclic amines) is 1. The summed E-state index contributed by atoms with van der Waals surface area (Å²) >= 11 is 1.78. The van der Waals surface area contributed by atoms with Crippen LogP contribution in [0.4, 0.5) is 0 Å². The second kappa shape index (κ2) is 5.09. The van der Waals surface area contributed by atoms with Crippen LogP contribution in [0.5, 0.6) is 0 Å². The fraction of sp³-hybridized carbons (Fsp3) is 0.357. The van der Waals surface area contributed by atoms with Gasteiger partial charge >= 0.3 is 5.69 Å². The monoisotopic (exact) mass is 301 g/mol. The number of aromatic nitrogens is 4. The Morgan fingerprint density at radius 3 is 3.29 bits per heavy atom. The van der Waals surface area contributed by atoms with E-state index in [4.69, 9.17) is 0 Å². The Morgan fingerprint density at radius 1 is 1.48 bits per heavy atom. The summed E-state index contributed by atoms with van der Waals surface area (Å²) in [7, 11) is 0. The molecule has 1 N–H and O–H groups in total. The summed E-state index contributed by atoms with van der Waals surface area (Å²) in [6.07, 6.45) is 4.12. The van der Waals surface area contributed by atoms with Crippen molar-refractivity contribution in [2.45, 2.75) is 19.0 Å². The lowest BCUT2D eigenvalue weighted by atomic mass is 10.2. The van der Waals surface area contributed by atoms with Crippen LogP contribution in [-0.4, -0.2) is 37.5 Å². The van der Waals surface area contributed by atoms with Gasteiger partial charge in [-0.3, -0.25) is 9.47 Å². The van der Waals surface area contributed by atoms with Gasteiger partial charge in [0.1, 0.15) is 11.8 Å². The molecule has 6 nitrogen and oxygen atoms in total. The zero-order valence-corrected chi connectivity index (χ0v) is 12.2. The number of thiophene rings is 1. The highest BCUT2D eigenvalue weighted by Crippen LogP contribution is 2.25. The fourth-order valence-corrected chi connectivity index (χ4v) is 3.75. The van der Waals surface area contributed by atoms with Crippen molar-refractivity contribution in [1.82, 2.24) is 24.4 Å². The van der Waals surface area contributed by atoms with Gasteiger partial charge in [0.25, 0.3) is 0 Å². The molecule has 0 aromatic carbocycles. The number of rotatable bonds is 3. The molecule has 4 heterocycles. The van der Waals surface area contributed by atoms with E-state index in [1.807, 2.05) is 0 Å². The van der Waals surface area contributed by atoms with Crippen LogP contribution in [0.2, 0.25) is 0 Å². The van der Waals surface area contributed by atoms with E-state index >= 15 is 0 Å². The first-order valence-corrected chi connectivity index (χ1v) is 7.84. The largest absolute Gasteiger partial charge is 0.328 e. The molecule has 0 amide bonds. The average Bonchev–Trinajstić information content (AvgIpc) is 3.18. The minimum atomic E-state index is -0.0894. The molecule has 1 aliphatic rings. The molecule has 0 bridgehead atoms. The van der Waals surface area contributed by atoms with Crippen molar-refractivity contribution >= 4 is 22.5 Å². The highest BCUT2D eigenvalue weighted by atomic mass is 32.1. The standard InChI is InChI=1S/C14H15N5OS/c20-14-17-12-6-15-9-16-13(12)19(14)10-3-4-18(7-10)8-11-2-1-5-21-11/h1-2,5-6,9-10H,3-4,7-8H2,(H,17,20). The summed E-state index contributed by atoms with van der Waals surface area (Å²) in [6.45, 7) is 2.85. The van der Waals surface area contributed by atoms with Crippen LogP contribution >= 0.6 is 11.3 Å². The molecule has 7 heteroatoms. The zero-order valence-electron chi connectivity index (χ0n) is 11.4. The van der Waals surface area contributed by atoms with Crippen LogP contribution in [0.25, 0.3) is 11.2 Å². The van der Waals surface area contributed by atoms with E-state index in [-0.39, 0.29) is 11.7 Å². The number of H-pyrrole nitrogens is 1. The Balaban J connectivity index is 1.59. The molecule has 108 valence electrons. The Morgan fingerprint density at radius 2 is 2.43 bits per heavy atom. The summed E-state index contributed by atoms with van der Waals surface area (Å²) in [5.41, 5.74) is 1.32. The lowest BCUT2D eigenvalue weighted by molar-refractivity contribution is 0.319. The van der Waals surface area contributed by atoms with Crippen LogP contribution in [0.3, 0.4) is 0 Å². The van der Waals surface area contributed by atoms with Gasteiger partial charge in [0.2, 0.25) is 0 Å². The molecule has 0 aliphatic carbocycles. The molecule has 1 unspecified atom stereocenters. The van der Waals surface area contributed by atoms with Crippen molar-refractivity contribution in [3.8, 4) is 0 Å². The maximum absolute atomic E-state index is 12.2. The second-order valence-electron chi connectivity index (χ2n) is 5.32. The maximum Gasteiger partial charge on any atom is 0.328 e. The number of nitrogens with one attached hydrogen (secondary N) is 1. The molecule has 1 saturated heterocycles. The van der Waals surface area contributed by atoms with Crippen molar-refractivity contribution in [1.29, 1.82) is 0 Å². The first-order chi connectivity index (χ1) is 10.3. The lowest BCUT2D eigenvalue weighted by Gasteiger charge is -2.15. The van der Waals surface area contributed by atoms with Gasteiger partial charge in [0, 0.05) is 24.5 Å². The predicted molar refractivity (Wildman–Crippen MR) is 81.4 cm³/mol. The second-order valence-corrected chi connectivity index (χ2v) is 6.35. The number of hydrogen-bond donors (Lipinski definition) is 1. The number of aromatic amines is 1. The molecule has 1 fully saturated rings. The smallest absolute Gasteiger partial charge is 0.303 e. The van der Waals surface area contributed by atoms with Gasteiger partial charge in [0.15, 0.2) is 5.65 Å². The Bertz CT molecular complexity index is 806. The SMILES string of the molecule is O=c1[nH]c2cncnc2n1C1CCN(Cc2cccs2)C1. The van der Waals surface area contributed by atoms with E-state index in [9.17, 15) is 4.79 Å². The van der Waals surface area contributed by atoms with Gasteiger partial charge in [0.05, 0.1) is 12.2 Å².